The van der Waals surface area contributed by atoms with Crippen molar-refractivity contribution in [3.63, 3.8) is 0 Å². The van der Waals surface area contributed by atoms with Crippen molar-refractivity contribution in [1.29, 1.82) is 0 Å². The van der Waals surface area contributed by atoms with Gasteiger partial charge in [0.05, 0.1) is 10.6 Å². The van der Waals surface area contributed by atoms with E-state index in [-0.39, 0.29) is 17.3 Å². The van der Waals surface area contributed by atoms with Crippen molar-refractivity contribution in [3.8, 4) is 0 Å². The fourth-order valence-electron chi connectivity index (χ4n) is 2.66. The highest BCUT2D eigenvalue weighted by Gasteiger charge is 2.67. The van der Waals surface area contributed by atoms with Gasteiger partial charge in [-0.05, 0) is 37.3 Å². The normalized spacial score (nSPS) is 18.3. The second-order valence-corrected chi connectivity index (χ2v) is 6.20. The Labute approximate surface area is 166 Å². The number of anilines is 2. The lowest BCUT2D eigenvalue weighted by molar-refractivity contribution is -0.350. The van der Waals surface area contributed by atoms with Gasteiger partial charge in [-0.25, -0.2) is 19.0 Å². The fraction of sp³-hybridized carbons (Fsp3) is 0.235. The van der Waals surface area contributed by atoms with Gasteiger partial charge in [0.2, 0.25) is 0 Å². The van der Waals surface area contributed by atoms with Crippen LogP contribution in [-0.4, -0.2) is 29.9 Å². The molecule has 1 N–H and O–H groups in total. The summed E-state index contributed by atoms with van der Waals surface area (Å²) in [4.78, 5) is 28.8. The van der Waals surface area contributed by atoms with Gasteiger partial charge in [0.15, 0.2) is 0 Å². The molecule has 2 heterocycles. The van der Waals surface area contributed by atoms with Gasteiger partial charge in [-0.2, -0.15) is 13.2 Å². The van der Waals surface area contributed by atoms with Crippen LogP contribution >= 0.6 is 11.6 Å². The van der Waals surface area contributed by atoms with E-state index in [4.69, 9.17) is 16.3 Å². The Kier molecular flexibility index (Phi) is 5.26. The first-order chi connectivity index (χ1) is 13.6. The van der Waals surface area contributed by atoms with E-state index in [0.29, 0.717) is 0 Å². The number of carbonyl (C=O) groups excluding carboxylic acids is 2. The molecule has 0 fully saturated rings. The van der Waals surface area contributed by atoms with E-state index in [9.17, 15) is 27.2 Å². The van der Waals surface area contributed by atoms with Gasteiger partial charge in [0.25, 0.3) is 0 Å². The lowest BCUT2D eigenvalue weighted by Crippen LogP contribution is -2.55. The van der Waals surface area contributed by atoms with Crippen LogP contribution in [0.1, 0.15) is 12.5 Å². The minimum Gasteiger partial charge on any atom is -0.392 e. The van der Waals surface area contributed by atoms with Gasteiger partial charge >= 0.3 is 24.1 Å². The summed E-state index contributed by atoms with van der Waals surface area (Å²) in [6.45, 7) is 1.34. The SMILES string of the molecule is CCN(C(=O)OC1(C(F)(F)F)OC(=O)Nc2ncc(Cl)cc21)c1ccc(F)cc1. The molecule has 12 heteroatoms. The number of alkyl halides is 3. The maximum atomic E-state index is 14.0. The highest BCUT2D eigenvalue weighted by molar-refractivity contribution is 6.30. The molecule has 1 aliphatic heterocycles. The summed E-state index contributed by atoms with van der Waals surface area (Å²) in [5.74, 6) is -4.92. The van der Waals surface area contributed by atoms with E-state index >= 15 is 0 Å². The summed E-state index contributed by atoms with van der Waals surface area (Å²) in [6, 6.07) is 5.23. The quantitative estimate of drug-likeness (QED) is 0.702. The topological polar surface area (TPSA) is 80.8 Å². The Morgan fingerprint density at radius 1 is 1.34 bits per heavy atom. The number of halogens is 5. The number of ether oxygens (including phenoxy) is 2. The zero-order valence-corrected chi connectivity index (χ0v) is 15.3. The third-order valence-corrected chi connectivity index (χ3v) is 4.15. The van der Waals surface area contributed by atoms with Gasteiger partial charge in [0.1, 0.15) is 11.6 Å². The van der Waals surface area contributed by atoms with Gasteiger partial charge in [-0.3, -0.25) is 10.2 Å². The number of amides is 2. The first kappa shape index (κ1) is 20.6. The molecule has 0 spiro atoms. The summed E-state index contributed by atoms with van der Waals surface area (Å²) in [6.07, 6.45) is -7.38. The van der Waals surface area contributed by atoms with Crippen molar-refractivity contribution < 1.29 is 36.6 Å². The molecule has 0 saturated carbocycles. The molecule has 2 amide bonds. The van der Waals surface area contributed by atoms with E-state index in [1.165, 1.54) is 19.1 Å². The first-order valence-electron chi connectivity index (χ1n) is 8.06. The lowest BCUT2D eigenvalue weighted by atomic mass is 10.0. The number of hydrogen-bond acceptors (Lipinski definition) is 5. The molecule has 2 aromatic rings. The minimum atomic E-state index is -5.37. The molecule has 29 heavy (non-hydrogen) atoms. The third kappa shape index (κ3) is 3.77. The molecule has 0 saturated heterocycles. The Morgan fingerprint density at radius 2 is 2.00 bits per heavy atom. The third-order valence-electron chi connectivity index (χ3n) is 3.94. The van der Waals surface area contributed by atoms with Crippen LogP contribution in [-0.2, 0) is 15.3 Å². The molecular weight excluding hydrogens is 422 g/mol. The van der Waals surface area contributed by atoms with Gasteiger partial charge in [-0.15, -0.1) is 0 Å². The fourth-order valence-corrected chi connectivity index (χ4v) is 2.82. The highest BCUT2D eigenvalue weighted by atomic mass is 35.5. The van der Waals surface area contributed by atoms with Crippen LogP contribution in [0.5, 0.6) is 0 Å². The number of benzene rings is 1. The molecule has 0 radical (unpaired) electrons. The molecule has 0 aliphatic carbocycles. The number of hydrogen-bond donors (Lipinski definition) is 1. The molecule has 1 atom stereocenters. The van der Waals surface area contributed by atoms with E-state index in [1.807, 2.05) is 5.32 Å². The van der Waals surface area contributed by atoms with E-state index in [1.54, 1.807) is 0 Å². The van der Waals surface area contributed by atoms with Gasteiger partial charge < -0.3 is 9.47 Å². The average molecular weight is 434 g/mol. The van der Waals surface area contributed by atoms with Crippen molar-refractivity contribution in [2.75, 3.05) is 16.8 Å². The van der Waals surface area contributed by atoms with Crippen LogP contribution in [0.4, 0.5) is 38.7 Å². The monoisotopic (exact) mass is 433 g/mol. The molecular formula is C17H12ClF4N3O4. The molecule has 3 rings (SSSR count). The Hall–Kier alpha value is -3.08. The number of pyridine rings is 1. The lowest BCUT2D eigenvalue weighted by Gasteiger charge is -2.38. The van der Waals surface area contributed by atoms with Crippen molar-refractivity contribution in [3.05, 3.63) is 52.9 Å². The molecule has 0 bridgehead atoms. The summed E-state index contributed by atoms with van der Waals surface area (Å²) in [7, 11) is 0. The maximum Gasteiger partial charge on any atom is 0.473 e. The first-order valence-corrected chi connectivity index (χ1v) is 8.44. The molecule has 1 aromatic heterocycles. The van der Waals surface area contributed by atoms with E-state index < -0.39 is 41.3 Å². The molecule has 1 unspecified atom stereocenters. The second-order valence-electron chi connectivity index (χ2n) is 5.77. The van der Waals surface area contributed by atoms with Crippen LogP contribution in [0.3, 0.4) is 0 Å². The number of carbonyl (C=O) groups is 2. The highest BCUT2D eigenvalue weighted by Crippen LogP contribution is 2.48. The summed E-state index contributed by atoms with van der Waals surface area (Å²) < 4.78 is 64.4. The maximum absolute atomic E-state index is 14.0. The number of fused-ring (bicyclic) bond motifs is 1. The van der Waals surface area contributed by atoms with Crippen molar-refractivity contribution in [1.82, 2.24) is 4.98 Å². The largest absolute Gasteiger partial charge is 0.473 e. The van der Waals surface area contributed by atoms with Crippen molar-refractivity contribution in [2.24, 2.45) is 0 Å². The number of cyclic esters (lactones) is 1. The van der Waals surface area contributed by atoms with Crippen molar-refractivity contribution in [2.45, 2.75) is 18.9 Å². The second kappa shape index (κ2) is 7.39. The molecule has 7 nitrogen and oxygen atoms in total. The Morgan fingerprint density at radius 3 is 2.59 bits per heavy atom. The Balaban J connectivity index is 2.07. The van der Waals surface area contributed by atoms with Crippen molar-refractivity contribution >= 4 is 35.3 Å². The van der Waals surface area contributed by atoms with Crippen LogP contribution in [0.2, 0.25) is 5.02 Å². The Bertz CT molecular complexity index is 955. The van der Waals surface area contributed by atoms with E-state index in [0.717, 1.165) is 29.3 Å². The van der Waals surface area contributed by atoms with Crippen LogP contribution in [0.25, 0.3) is 0 Å². The standard InChI is InChI=1S/C17H12ClF4N3O4/c1-2-25(11-5-3-10(19)4-6-11)15(27)29-16(17(20,21)22)12-7-9(18)8-23-13(12)24-14(26)28-16/h3-8H,2H2,1H3,(H,23,24,26). The minimum absolute atomic E-state index is 0.0703. The van der Waals surface area contributed by atoms with Gasteiger partial charge in [-0.1, -0.05) is 11.6 Å². The predicted octanol–water partition coefficient (Wildman–Crippen LogP) is 4.81. The molecule has 1 aromatic carbocycles. The number of nitrogens with one attached hydrogen (secondary N) is 1. The number of rotatable bonds is 3. The smallest absolute Gasteiger partial charge is 0.392 e. The molecule has 154 valence electrons. The van der Waals surface area contributed by atoms with Gasteiger partial charge in [0, 0.05) is 18.4 Å². The predicted molar refractivity (Wildman–Crippen MR) is 93.0 cm³/mol. The van der Waals surface area contributed by atoms with Crippen LogP contribution in [0.15, 0.2) is 36.5 Å². The van der Waals surface area contributed by atoms with E-state index in [2.05, 4.69) is 9.72 Å². The summed E-state index contributed by atoms with van der Waals surface area (Å²) in [5.41, 5.74) is -0.735. The molecule has 1 aliphatic rings. The van der Waals surface area contributed by atoms with Crippen LogP contribution < -0.4 is 10.2 Å². The number of aromatic nitrogens is 1. The zero-order valence-electron chi connectivity index (χ0n) is 14.6. The zero-order chi connectivity index (χ0) is 21.4. The summed E-state index contributed by atoms with van der Waals surface area (Å²) in [5, 5.41) is 1.78. The van der Waals surface area contributed by atoms with Crippen LogP contribution in [0, 0.1) is 5.82 Å². The average Bonchev–Trinajstić information content (AvgIpc) is 2.63. The number of nitrogens with zero attached hydrogens (tertiary/aromatic N) is 2. The summed E-state index contributed by atoms with van der Waals surface area (Å²) >= 11 is 5.74.